The molecule has 1 aliphatic heterocycles. The van der Waals surface area contributed by atoms with E-state index >= 15 is 0 Å². The number of nitriles is 1. The van der Waals surface area contributed by atoms with Crippen molar-refractivity contribution in [3.8, 4) is 6.07 Å². The number of carbonyl (C=O) groups is 1. The number of nitrogens with zero attached hydrogens (tertiary/aromatic N) is 5. The van der Waals surface area contributed by atoms with E-state index in [1.54, 1.807) is 23.1 Å². The van der Waals surface area contributed by atoms with Crippen molar-refractivity contribution in [2.24, 2.45) is 0 Å². The Kier molecular flexibility index (Phi) is 5.96. The fourth-order valence-electron chi connectivity index (χ4n) is 3.78. The largest absolute Gasteiger partial charge is 0.447 e. The number of hydrogen-bond donors (Lipinski definition) is 1. The maximum Gasteiger partial charge on any atom is 0.410 e. The third-order valence-corrected chi connectivity index (χ3v) is 5.63. The number of rotatable bonds is 4. The standard InChI is InChI=1S/C22H23ClN6O2/c1-14(2)31-22(30)28-8-5-16(6-9-28)29-10-7-17-20(25-13-26-21(17)29)27-19-4-3-15(12-24)11-18(19)23/h3-4,7,10-11,13-14,16H,5-6,8-9H2,1-2H3,(H,25,26,27). The SMILES string of the molecule is CC(C)OC(=O)N1CCC(n2ccc3c(Nc4ccc(C#N)cc4Cl)ncnc32)CC1. The molecule has 0 spiro atoms. The predicted molar refractivity (Wildman–Crippen MR) is 118 cm³/mol. The van der Waals surface area contributed by atoms with Gasteiger partial charge in [0.15, 0.2) is 0 Å². The number of benzene rings is 1. The number of fused-ring (bicyclic) bond motifs is 1. The minimum atomic E-state index is -0.251. The van der Waals surface area contributed by atoms with Gasteiger partial charge in [-0.1, -0.05) is 11.6 Å². The molecule has 31 heavy (non-hydrogen) atoms. The number of anilines is 2. The molecule has 1 aromatic carbocycles. The molecule has 0 radical (unpaired) electrons. The van der Waals surface area contributed by atoms with Crippen molar-refractivity contribution >= 4 is 40.2 Å². The maximum atomic E-state index is 12.1. The first-order valence-corrected chi connectivity index (χ1v) is 10.6. The molecule has 0 unspecified atom stereocenters. The number of carbonyl (C=O) groups excluding carboxylic acids is 1. The summed E-state index contributed by atoms with van der Waals surface area (Å²) in [6.07, 6.45) is 4.81. The molecule has 1 N–H and O–H groups in total. The van der Waals surface area contributed by atoms with Gasteiger partial charge in [0, 0.05) is 25.3 Å². The molecule has 9 heteroatoms. The van der Waals surface area contributed by atoms with Crippen LogP contribution in [0.2, 0.25) is 5.02 Å². The lowest BCUT2D eigenvalue weighted by Gasteiger charge is -2.32. The van der Waals surface area contributed by atoms with Crippen molar-refractivity contribution in [3.05, 3.63) is 47.4 Å². The lowest BCUT2D eigenvalue weighted by Crippen LogP contribution is -2.40. The fourth-order valence-corrected chi connectivity index (χ4v) is 4.01. The molecule has 8 nitrogen and oxygen atoms in total. The van der Waals surface area contributed by atoms with Crippen LogP contribution in [0, 0.1) is 11.3 Å². The Morgan fingerprint density at radius 1 is 1.29 bits per heavy atom. The van der Waals surface area contributed by atoms with Gasteiger partial charge < -0.3 is 19.5 Å². The average Bonchev–Trinajstić information content (AvgIpc) is 3.20. The molecule has 4 rings (SSSR count). The predicted octanol–water partition coefficient (Wildman–Crippen LogP) is 4.88. The molecular weight excluding hydrogens is 416 g/mol. The van der Waals surface area contributed by atoms with E-state index < -0.39 is 0 Å². The van der Waals surface area contributed by atoms with Crippen LogP contribution in [-0.2, 0) is 4.74 Å². The van der Waals surface area contributed by atoms with Crippen LogP contribution in [0.25, 0.3) is 11.0 Å². The number of piperidine rings is 1. The van der Waals surface area contributed by atoms with Crippen molar-refractivity contribution in [1.82, 2.24) is 19.4 Å². The van der Waals surface area contributed by atoms with E-state index in [0.29, 0.717) is 35.2 Å². The smallest absolute Gasteiger partial charge is 0.410 e. The number of hydrogen-bond acceptors (Lipinski definition) is 6. The summed E-state index contributed by atoms with van der Waals surface area (Å²) >= 11 is 6.30. The van der Waals surface area contributed by atoms with Crippen molar-refractivity contribution in [2.75, 3.05) is 18.4 Å². The first-order chi connectivity index (χ1) is 15.0. The molecule has 0 bridgehead atoms. The highest BCUT2D eigenvalue weighted by Crippen LogP contribution is 2.32. The van der Waals surface area contributed by atoms with Crippen LogP contribution in [0.15, 0.2) is 36.8 Å². The maximum absolute atomic E-state index is 12.1. The number of halogens is 1. The van der Waals surface area contributed by atoms with E-state index in [1.165, 1.54) is 6.33 Å². The van der Waals surface area contributed by atoms with Crippen LogP contribution < -0.4 is 5.32 Å². The molecule has 160 valence electrons. The zero-order valence-electron chi connectivity index (χ0n) is 17.4. The van der Waals surface area contributed by atoms with Gasteiger partial charge in [-0.3, -0.25) is 0 Å². The van der Waals surface area contributed by atoms with Crippen molar-refractivity contribution in [1.29, 1.82) is 5.26 Å². The highest BCUT2D eigenvalue weighted by molar-refractivity contribution is 6.33. The van der Waals surface area contributed by atoms with Crippen molar-refractivity contribution in [2.45, 2.75) is 38.8 Å². The van der Waals surface area contributed by atoms with Crippen LogP contribution in [-0.4, -0.2) is 44.7 Å². The second-order valence-corrected chi connectivity index (χ2v) is 8.17. The molecule has 0 saturated carbocycles. The highest BCUT2D eigenvalue weighted by atomic mass is 35.5. The summed E-state index contributed by atoms with van der Waals surface area (Å²) in [4.78, 5) is 22.8. The molecule has 3 aromatic rings. The van der Waals surface area contributed by atoms with Crippen LogP contribution in [0.5, 0.6) is 0 Å². The number of ether oxygens (including phenoxy) is 1. The molecule has 0 aliphatic carbocycles. The summed E-state index contributed by atoms with van der Waals surface area (Å²) in [7, 11) is 0. The minimum absolute atomic E-state index is 0.120. The average molecular weight is 439 g/mol. The van der Waals surface area contributed by atoms with E-state index in [1.807, 2.05) is 26.1 Å². The minimum Gasteiger partial charge on any atom is -0.447 e. The second kappa shape index (κ2) is 8.82. The Morgan fingerprint density at radius 3 is 2.74 bits per heavy atom. The van der Waals surface area contributed by atoms with Crippen LogP contribution in [0.4, 0.5) is 16.3 Å². The van der Waals surface area contributed by atoms with Crippen molar-refractivity contribution < 1.29 is 9.53 Å². The fraction of sp³-hybridized carbons (Fsp3) is 0.364. The first kappa shape index (κ1) is 20.9. The Hall–Kier alpha value is -3.31. The van der Waals surface area contributed by atoms with Gasteiger partial charge in [-0.15, -0.1) is 0 Å². The van der Waals surface area contributed by atoms with Gasteiger partial charge in [-0.05, 0) is 51.0 Å². The topological polar surface area (TPSA) is 96.1 Å². The number of nitrogens with one attached hydrogen (secondary N) is 1. The van der Waals surface area contributed by atoms with Gasteiger partial charge in [0.2, 0.25) is 0 Å². The van der Waals surface area contributed by atoms with Gasteiger partial charge in [-0.25, -0.2) is 14.8 Å². The molecule has 1 saturated heterocycles. The molecule has 0 atom stereocenters. The highest BCUT2D eigenvalue weighted by Gasteiger charge is 2.26. The quantitative estimate of drug-likeness (QED) is 0.623. The Morgan fingerprint density at radius 2 is 2.06 bits per heavy atom. The summed E-state index contributed by atoms with van der Waals surface area (Å²) in [5.41, 5.74) is 1.99. The third-order valence-electron chi connectivity index (χ3n) is 5.31. The van der Waals surface area contributed by atoms with Crippen LogP contribution in [0.3, 0.4) is 0 Å². The Labute approximate surface area is 185 Å². The van der Waals surface area contributed by atoms with E-state index in [-0.39, 0.29) is 18.2 Å². The molecular formula is C22H23ClN6O2. The number of amides is 1. The van der Waals surface area contributed by atoms with Gasteiger partial charge >= 0.3 is 6.09 Å². The normalized spacial score (nSPS) is 14.6. The van der Waals surface area contributed by atoms with E-state index in [4.69, 9.17) is 21.6 Å². The van der Waals surface area contributed by atoms with Gasteiger partial charge in [0.05, 0.1) is 33.8 Å². The monoisotopic (exact) mass is 438 g/mol. The third kappa shape index (κ3) is 4.42. The lowest BCUT2D eigenvalue weighted by atomic mass is 10.1. The number of aromatic nitrogens is 3. The zero-order chi connectivity index (χ0) is 22.0. The Bertz CT molecular complexity index is 1140. The summed E-state index contributed by atoms with van der Waals surface area (Å²) < 4.78 is 7.45. The lowest BCUT2D eigenvalue weighted by molar-refractivity contribution is 0.0663. The molecule has 3 heterocycles. The van der Waals surface area contributed by atoms with Gasteiger partial charge in [0.25, 0.3) is 0 Å². The first-order valence-electron chi connectivity index (χ1n) is 10.2. The summed E-state index contributed by atoms with van der Waals surface area (Å²) in [6.45, 7) is 5.00. The van der Waals surface area contributed by atoms with E-state index in [0.717, 1.165) is 23.9 Å². The van der Waals surface area contributed by atoms with E-state index in [2.05, 4.69) is 25.9 Å². The Balaban J connectivity index is 1.52. The molecule has 2 aromatic heterocycles. The van der Waals surface area contributed by atoms with Gasteiger partial charge in [0.1, 0.15) is 17.8 Å². The second-order valence-electron chi connectivity index (χ2n) is 7.76. The summed E-state index contributed by atoms with van der Waals surface area (Å²) in [5.74, 6) is 0.647. The van der Waals surface area contributed by atoms with E-state index in [9.17, 15) is 4.79 Å². The van der Waals surface area contributed by atoms with Crippen molar-refractivity contribution in [3.63, 3.8) is 0 Å². The summed E-state index contributed by atoms with van der Waals surface area (Å²) in [5, 5.41) is 13.6. The zero-order valence-corrected chi connectivity index (χ0v) is 18.1. The van der Waals surface area contributed by atoms with Gasteiger partial charge in [-0.2, -0.15) is 5.26 Å². The molecule has 1 fully saturated rings. The van der Waals surface area contributed by atoms with Crippen LogP contribution >= 0.6 is 11.6 Å². The summed E-state index contributed by atoms with van der Waals surface area (Å²) in [6, 6.07) is 9.37. The molecule has 1 aliphatic rings. The van der Waals surface area contributed by atoms with Crippen LogP contribution in [0.1, 0.15) is 38.3 Å². The molecule has 1 amide bonds. The number of likely N-dealkylation sites (tertiary alicyclic amines) is 1.